The number of halogens is 1. The van der Waals surface area contributed by atoms with E-state index in [0.29, 0.717) is 30.4 Å². The van der Waals surface area contributed by atoms with Crippen LogP contribution in [-0.4, -0.2) is 30.3 Å². The third kappa shape index (κ3) is 4.73. The van der Waals surface area contributed by atoms with Crippen molar-refractivity contribution in [2.45, 2.75) is 6.92 Å². The van der Waals surface area contributed by atoms with Gasteiger partial charge in [-0.05, 0) is 52.7 Å². The number of benzene rings is 1. The Hall–Kier alpha value is -2.54. The van der Waals surface area contributed by atoms with Gasteiger partial charge in [-0.3, -0.25) is 4.79 Å². The summed E-state index contributed by atoms with van der Waals surface area (Å²) in [4.78, 5) is 14.6. The molecule has 0 spiro atoms. The highest BCUT2D eigenvalue weighted by atomic mass is 79.9. The number of hydrogen-bond donors (Lipinski definition) is 2. The average Bonchev–Trinajstić information content (AvgIpc) is 3.09. The average molecular weight is 392 g/mol. The predicted octanol–water partition coefficient (Wildman–Crippen LogP) is 3.50. The zero-order valence-electron chi connectivity index (χ0n) is 13.2. The van der Waals surface area contributed by atoms with E-state index in [1.54, 1.807) is 30.5 Å². The van der Waals surface area contributed by atoms with Gasteiger partial charge in [0.15, 0.2) is 11.5 Å². The van der Waals surface area contributed by atoms with Crippen molar-refractivity contribution in [2.75, 3.05) is 13.2 Å². The van der Waals surface area contributed by atoms with Gasteiger partial charge < -0.3 is 14.5 Å². The molecule has 24 heavy (non-hydrogen) atoms. The summed E-state index contributed by atoms with van der Waals surface area (Å²) in [6, 6.07) is 7.02. The molecule has 0 unspecified atom stereocenters. The number of carbonyl (C=O) groups excluding carboxylic acids is 1. The van der Waals surface area contributed by atoms with Gasteiger partial charge in [0.1, 0.15) is 12.3 Å². The van der Waals surface area contributed by atoms with Crippen LogP contribution in [0.15, 0.2) is 52.7 Å². The quantitative estimate of drug-likeness (QED) is 0.410. The number of nitrogens with zero attached hydrogens (tertiary/aromatic N) is 1. The molecule has 1 aromatic heterocycles. The highest BCUT2D eigenvalue weighted by Crippen LogP contribution is 2.36. The van der Waals surface area contributed by atoms with Gasteiger partial charge >= 0.3 is 0 Å². The lowest BCUT2D eigenvalue weighted by atomic mass is 10.2. The first-order chi connectivity index (χ1) is 11.7. The number of nitrogens with one attached hydrogen (secondary N) is 2. The lowest BCUT2D eigenvalue weighted by Gasteiger charge is -2.13. The van der Waals surface area contributed by atoms with E-state index in [9.17, 15) is 4.79 Å². The Morgan fingerprint density at radius 1 is 1.46 bits per heavy atom. The van der Waals surface area contributed by atoms with Gasteiger partial charge in [0.05, 0.1) is 17.3 Å². The van der Waals surface area contributed by atoms with Crippen molar-refractivity contribution in [1.29, 1.82) is 0 Å². The molecular formula is C17H18BrN3O3. The Balaban J connectivity index is 2.13. The van der Waals surface area contributed by atoms with Gasteiger partial charge in [-0.25, -0.2) is 5.43 Å². The number of H-pyrrole nitrogens is 1. The Bertz CT molecular complexity index is 727. The summed E-state index contributed by atoms with van der Waals surface area (Å²) < 4.78 is 11.9. The van der Waals surface area contributed by atoms with Gasteiger partial charge in [0, 0.05) is 6.20 Å². The SMILES string of the molecule is C=CCOc1c(Br)cc(/C=N\NC(=O)c2ccc[nH]2)cc1OCC. The van der Waals surface area contributed by atoms with Crippen molar-refractivity contribution in [3.8, 4) is 11.5 Å². The van der Waals surface area contributed by atoms with E-state index in [1.807, 2.05) is 13.0 Å². The van der Waals surface area contributed by atoms with Crippen LogP contribution in [0, 0.1) is 0 Å². The zero-order valence-corrected chi connectivity index (χ0v) is 14.8. The monoisotopic (exact) mass is 391 g/mol. The van der Waals surface area contributed by atoms with Crippen LogP contribution in [0.5, 0.6) is 11.5 Å². The molecule has 7 heteroatoms. The second-order valence-electron chi connectivity index (χ2n) is 4.65. The number of aromatic amines is 1. The summed E-state index contributed by atoms with van der Waals surface area (Å²) in [6.07, 6.45) is 4.87. The summed E-state index contributed by atoms with van der Waals surface area (Å²) in [5.41, 5.74) is 3.65. The molecule has 1 heterocycles. The molecule has 6 nitrogen and oxygen atoms in total. The lowest BCUT2D eigenvalue weighted by Crippen LogP contribution is -2.17. The van der Waals surface area contributed by atoms with Crippen LogP contribution in [0.2, 0.25) is 0 Å². The second kappa shape index (κ2) is 8.93. The molecule has 0 aliphatic heterocycles. The molecule has 0 saturated heterocycles. The largest absolute Gasteiger partial charge is 0.490 e. The van der Waals surface area contributed by atoms with Crippen LogP contribution >= 0.6 is 15.9 Å². The molecule has 2 aromatic rings. The molecule has 0 bridgehead atoms. The first kappa shape index (κ1) is 17.8. The number of hydrazone groups is 1. The highest BCUT2D eigenvalue weighted by Gasteiger charge is 2.11. The Labute approximate surface area is 148 Å². The molecule has 126 valence electrons. The minimum absolute atomic E-state index is 0.314. The van der Waals surface area contributed by atoms with Crippen LogP contribution in [0.1, 0.15) is 23.0 Å². The van der Waals surface area contributed by atoms with Crippen LogP contribution in [0.3, 0.4) is 0 Å². The first-order valence-electron chi connectivity index (χ1n) is 7.32. The minimum atomic E-state index is -0.314. The Morgan fingerprint density at radius 2 is 2.29 bits per heavy atom. The maximum absolute atomic E-state index is 11.8. The van der Waals surface area contributed by atoms with Crippen molar-refractivity contribution in [2.24, 2.45) is 5.10 Å². The highest BCUT2D eigenvalue weighted by molar-refractivity contribution is 9.10. The molecule has 1 amide bonds. The van der Waals surface area contributed by atoms with Crippen LogP contribution in [0.4, 0.5) is 0 Å². The molecule has 0 aliphatic rings. The maximum Gasteiger partial charge on any atom is 0.287 e. The summed E-state index contributed by atoms with van der Waals surface area (Å²) in [5, 5.41) is 3.95. The topological polar surface area (TPSA) is 75.7 Å². The molecule has 0 saturated carbocycles. The fourth-order valence-electron chi connectivity index (χ4n) is 1.90. The number of rotatable bonds is 8. The molecule has 2 rings (SSSR count). The fourth-order valence-corrected chi connectivity index (χ4v) is 2.48. The van der Waals surface area contributed by atoms with E-state index >= 15 is 0 Å². The summed E-state index contributed by atoms with van der Waals surface area (Å²) in [5.74, 6) is 0.876. The number of ether oxygens (including phenoxy) is 2. The normalized spacial score (nSPS) is 10.6. The predicted molar refractivity (Wildman–Crippen MR) is 96.9 cm³/mol. The standard InChI is InChI=1S/C17H18BrN3O3/c1-3-8-24-16-13(18)9-12(10-15(16)23-4-2)11-20-21-17(22)14-6-5-7-19-14/h3,5-7,9-11,19H,1,4,8H2,2H3,(H,21,22)/b20-11-. The number of aromatic nitrogens is 1. The van der Waals surface area contributed by atoms with Crippen molar-refractivity contribution in [1.82, 2.24) is 10.4 Å². The third-order valence-electron chi connectivity index (χ3n) is 2.90. The smallest absolute Gasteiger partial charge is 0.287 e. The van der Waals surface area contributed by atoms with E-state index in [-0.39, 0.29) is 5.91 Å². The molecule has 2 N–H and O–H groups in total. The lowest BCUT2D eigenvalue weighted by molar-refractivity contribution is 0.0951. The Morgan fingerprint density at radius 3 is 2.96 bits per heavy atom. The number of amides is 1. The van der Waals surface area contributed by atoms with E-state index in [2.05, 4.69) is 38.0 Å². The number of hydrogen-bond acceptors (Lipinski definition) is 4. The van der Waals surface area contributed by atoms with Gasteiger partial charge in [-0.1, -0.05) is 12.7 Å². The summed E-state index contributed by atoms with van der Waals surface area (Å²) in [6.45, 7) is 6.40. The van der Waals surface area contributed by atoms with E-state index in [0.717, 1.165) is 10.0 Å². The van der Waals surface area contributed by atoms with Crippen molar-refractivity contribution in [3.05, 3.63) is 58.8 Å². The van der Waals surface area contributed by atoms with E-state index in [4.69, 9.17) is 9.47 Å². The maximum atomic E-state index is 11.8. The number of carbonyl (C=O) groups is 1. The molecule has 1 aromatic carbocycles. The van der Waals surface area contributed by atoms with Gasteiger partial charge in [0.25, 0.3) is 5.91 Å². The summed E-state index contributed by atoms with van der Waals surface area (Å²) >= 11 is 3.46. The van der Waals surface area contributed by atoms with Gasteiger partial charge in [0.2, 0.25) is 0 Å². The third-order valence-corrected chi connectivity index (χ3v) is 3.49. The van der Waals surface area contributed by atoms with E-state index < -0.39 is 0 Å². The molecule has 0 aliphatic carbocycles. The van der Waals surface area contributed by atoms with Crippen LogP contribution < -0.4 is 14.9 Å². The molecular weight excluding hydrogens is 374 g/mol. The fraction of sp³-hybridized carbons (Fsp3) is 0.176. The minimum Gasteiger partial charge on any atom is -0.490 e. The van der Waals surface area contributed by atoms with Crippen LogP contribution in [-0.2, 0) is 0 Å². The van der Waals surface area contributed by atoms with Crippen molar-refractivity contribution in [3.63, 3.8) is 0 Å². The molecule has 0 radical (unpaired) electrons. The molecule has 0 atom stereocenters. The van der Waals surface area contributed by atoms with Crippen molar-refractivity contribution < 1.29 is 14.3 Å². The summed E-state index contributed by atoms with van der Waals surface area (Å²) in [7, 11) is 0. The zero-order chi connectivity index (χ0) is 17.4. The second-order valence-corrected chi connectivity index (χ2v) is 5.50. The molecule has 0 fully saturated rings. The van der Waals surface area contributed by atoms with Gasteiger partial charge in [-0.2, -0.15) is 5.10 Å². The van der Waals surface area contributed by atoms with Crippen molar-refractivity contribution >= 4 is 28.1 Å². The van der Waals surface area contributed by atoms with Gasteiger partial charge in [-0.15, -0.1) is 0 Å². The Kier molecular flexibility index (Phi) is 6.62. The van der Waals surface area contributed by atoms with Crippen LogP contribution in [0.25, 0.3) is 0 Å². The first-order valence-corrected chi connectivity index (χ1v) is 8.11. The van der Waals surface area contributed by atoms with E-state index in [1.165, 1.54) is 6.21 Å².